The molecule has 154 valence electrons. The average Bonchev–Trinajstić information content (AvgIpc) is 3.28. The van der Waals surface area contributed by atoms with Crippen molar-refractivity contribution in [1.29, 1.82) is 0 Å². The van der Waals surface area contributed by atoms with E-state index in [-0.39, 0.29) is 38.0 Å². The molecule has 0 aromatic carbocycles. The van der Waals surface area contributed by atoms with E-state index >= 15 is 0 Å². The minimum atomic E-state index is -4.56. The molecule has 3 aromatic heterocycles. The van der Waals surface area contributed by atoms with E-state index in [2.05, 4.69) is 25.5 Å². The van der Waals surface area contributed by atoms with Crippen molar-refractivity contribution in [1.82, 2.24) is 24.7 Å². The van der Waals surface area contributed by atoms with Crippen LogP contribution in [0.4, 0.5) is 24.9 Å². The number of rotatable bonds is 5. The first kappa shape index (κ1) is 19.4. The van der Waals surface area contributed by atoms with Crippen molar-refractivity contribution in [2.75, 3.05) is 23.3 Å². The Hall–Kier alpha value is -2.96. The third-order valence-electron chi connectivity index (χ3n) is 4.48. The SMILES string of the molecule is CCc1cc2c(N3CCn4c(nnc4C(F)(F)F)C3)nc(NCC(=O)O)nc2s1. The second kappa shape index (κ2) is 7.13. The van der Waals surface area contributed by atoms with Gasteiger partial charge in [-0.1, -0.05) is 6.92 Å². The predicted octanol–water partition coefficient (Wildman–Crippen LogP) is 2.38. The predicted molar refractivity (Wildman–Crippen MR) is 99.0 cm³/mol. The molecule has 1 aliphatic rings. The quantitative estimate of drug-likeness (QED) is 0.639. The summed E-state index contributed by atoms with van der Waals surface area (Å²) in [5.41, 5.74) is 0. The second-order valence-electron chi connectivity index (χ2n) is 6.41. The summed E-state index contributed by atoms with van der Waals surface area (Å²) in [6, 6.07) is 1.96. The summed E-state index contributed by atoms with van der Waals surface area (Å²) in [5, 5.41) is 19.3. The van der Waals surface area contributed by atoms with Gasteiger partial charge < -0.3 is 19.9 Å². The van der Waals surface area contributed by atoms with Crippen molar-refractivity contribution < 1.29 is 23.1 Å². The Morgan fingerprint density at radius 2 is 2.10 bits per heavy atom. The van der Waals surface area contributed by atoms with Gasteiger partial charge in [0.15, 0.2) is 5.82 Å². The normalized spacial score (nSPS) is 14.3. The molecule has 2 N–H and O–H groups in total. The summed E-state index contributed by atoms with van der Waals surface area (Å²) in [6.45, 7) is 2.09. The number of carboxylic acid groups (broad SMARTS) is 1. The lowest BCUT2D eigenvalue weighted by Crippen LogP contribution is -2.36. The molecule has 1 aliphatic heterocycles. The van der Waals surface area contributed by atoms with Gasteiger partial charge in [-0.05, 0) is 12.5 Å². The van der Waals surface area contributed by atoms with Crippen LogP contribution in [0.25, 0.3) is 10.2 Å². The van der Waals surface area contributed by atoms with Crippen LogP contribution >= 0.6 is 11.3 Å². The highest BCUT2D eigenvalue weighted by atomic mass is 32.1. The molecule has 0 saturated heterocycles. The lowest BCUT2D eigenvalue weighted by Gasteiger charge is -2.29. The lowest BCUT2D eigenvalue weighted by molar-refractivity contribution is -0.147. The van der Waals surface area contributed by atoms with Crippen LogP contribution in [0.5, 0.6) is 0 Å². The fraction of sp³-hybridized carbons (Fsp3) is 0.438. The summed E-state index contributed by atoms with van der Waals surface area (Å²) in [7, 11) is 0. The van der Waals surface area contributed by atoms with E-state index in [1.54, 1.807) is 0 Å². The van der Waals surface area contributed by atoms with Gasteiger partial charge in [-0.15, -0.1) is 21.5 Å². The van der Waals surface area contributed by atoms with Gasteiger partial charge in [0.1, 0.15) is 17.2 Å². The highest BCUT2D eigenvalue weighted by molar-refractivity contribution is 7.18. The molecule has 0 atom stereocenters. The van der Waals surface area contributed by atoms with Gasteiger partial charge in [-0.2, -0.15) is 18.2 Å². The second-order valence-corrected chi connectivity index (χ2v) is 7.53. The molecule has 4 heterocycles. The van der Waals surface area contributed by atoms with Crippen LogP contribution in [-0.4, -0.2) is 48.9 Å². The van der Waals surface area contributed by atoms with E-state index in [1.165, 1.54) is 11.3 Å². The number of fused-ring (bicyclic) bond motifs is 2. The average molecular weight is 427 g/mol. The maximum absolute atomic E-state index is 13.1. The number of carbonyl (C=O) groups is 1. The number of nitrogens with one attached hydrogen (secondary N) is 1. The Balaban J connectivity index is 1.72. The number of aryl methyl sites for hydroxylation is 1. The van der Waals surface area contributed by atoms with Crippen LogP contribution in [-0.2, 0) is 30.5 Å². The summed E-state index contributed by atoms with van der Waals surface area (Å²) < 4.78 is 40.3. The topological polar surface area (TPSA) is 109 Å². The van der Waals surface area contributed by atoms with Crippen LogP contribution in [0, 0.1) is 0 Å². The Morgan fingerprint density at radius 3 is 2.79 bits per heavy atom. The molecule has 3 aromatic rings. The highest BCUT2D eigenvalue weighted by Crippen LogP contribution is 2.35. The summed E-state index contributed by atoms with van der Waals surface area (Å²) in [5.74, 6) is -1.18. The van der Waals surface area contributed by atoms with E-state index in [1.807, 2.05) is 17.9 Å². The summed E-state index contributed by atoms with van der Waals surface area (Å²) in [6.07, 6.45) is -3.77. The van der Waals surface area contributed by atoms with Crippen LogP contribution in [0.2, 0.25) is 0 Å². The van der Waals surface area contributed by atoms with E-state index < -0.39 is 18.0 Å². The van der Waals surface area contributed by atoms with Crippen molar-refractivity contribution >= 4 is 39.3 Å². The Labute approximate surface area is 166 Å². The van der Waals surface area contributed by atoms with Crippen molar-refractivity contribution in [3.63, 3.8) is 0 Å². The smallest absolute Gasteiger partial charge is 0.451 e. The summed E-state index contributed by atoms with van der Waals surface area (Å²) in [4.78, 5) is 23.2. The van der Waals surface area contributed by atoms with Crippen molar-refractivity contribution in [3.05, 3.63) is 22.6 Å². The largest absolute Gasteiger partial charge is 0.480 e. The van der Waals surface area contributed by atoms with Gasteiger partial charge >= 0.3 is 12.1 Å². The molecular weight excluding hydrogens is 411 g/mol. The zero-order valence-corrected chi connectivity index (χ0v) is 16.0. The van der Waals surface area contributed by atoms with Crippen LogP contribution < -0.4 is 10.2 Å². The molecule has 0 aliphatic carbocycles. The minimum Gasteiger partial charge on any atom is -0.480 e. The molecule has 0 saturated carbocycles. The number of aliphatic carboxylic acids is 1. The number of carboxylic acids is 1. The fourth-order valence-electron chi connectivity index (χ4n) is 3.15. The zero-order valence-electron chi connectivity index (χ0n) is 15.2. The Kier molecular flexibility index (Phi) is 4.76. The third-order valence-corrected chi connectivity index (χ3v) is 5.65. The van der Waals surface area contributed by atoms with Gasteiger partial charge in [-0.25, -0.2) is 4.98 Å². The number of nitrogens with zero attached hydrogens (tertiary/aromatic N) is 6. The number of hydrogen-bond donors (Lipinski definition) is 2. The molecule has 0 fully saturated rings. The molecule has 4 rings (SSSR count). The number of thiophene rings is 1. The molecular formula is C16H16F3N7O2S. The molecule has 9 nitrogen and oxygen atoms in total. The van der Waals surface area contributed by atoms with E-state index in [0.717, 1.165) is 21.3 Å². The van der Waals surface area contributed by atoms with E-state index in [9.17, 15) is 18.0 Å². The zero-order chi connectivity index (χ0) is 20.8. The van der Waals surface area contributed by atoms with Crippen molar-refractivity contribution in [2.24, 2.45) is 0 Å². The van der Waals surface area contributed by atoms with Gasteiger partial charge in [0.25, 0.3) is 0 Å². The monoisotopic (exact) mass is 427 g/mol. The van der Waals surface area contributed by atoms with Gasteiger partial charge in [0.05, 0.1) is 11.9 Å². The maximum Gasteiger partial charge on any atom is 0.451 e. The fourth-order valence-corrected chi connectivity index (χ4v) is 4.12. The first-order valence-corrected chi connectivity index (χ1v) is 9.58. The number of hydrogen-bond acceptors (Lipinski definition) is 8. The Morgan fingerprint density at radius 1 is 1.31 bits per heavy atom. The molecule has 0 bridgehead atoms. The molecule has 0 radical (unpaired) electrons. The first-order valence-electron chi connectivity index (χ1n) is 8.76. The maximum atomic E-state index is 13.1. The summed E-state index contributed by atoms with van der Waals surface area (Å²) >= 11 is 1.47. The van der Waals surface area contributed by atoms with E-state index in [4.69, 9.17) is 5.11 Å². The van der Waals surface area contributed by atoms with E-state index in [0.29, 0.717) is 10.6 Å². The number of alkyl halides is 3. The number of aromatic nitrogens is 5. The molecule has 0 amide bonds. The van der Waals surface area contributed by atoms with Crippen LogP contribution in [0.15, 0.2) is 6.07 Å². The lowest BCUT2D eigenvalue weighted by atomic mass is 10.2. The number of anilines is 2. The third kappa shape index (κ3) is 3.69. The number of halogens is 3. The molecule has 13 heteroatoms. The first-order chi connectivity index (χ1) is 13.8. The van der Waals surface area contributed by atoms with Crippen molar-refractivity contribution in [3.8, 4) is 0 Å². The van der Waals surface area contributed by atoms with Crippen LogP contribution in [0.1, 0.15) is 23.4 Å². The standard InChI is InChI=1S/C16H16F3N7O2S/c1-2-8-5-9-12(21-15(20-6-11(27)28)22-13(9)29-8)25-3-4-26-10(7-25)23-24-14(26)16(17,18)19/h5H,2-4,6-7H2,1H3,(H,27,28)(H,20,21,22). The molecule has 0 unspecified atom stereocenters. The Bertz CT molecular complexity index is 1080. The van der Waals surface area contributed by atoms with Gasteiger partial charge in [0.2, 0.25) is 11.8 Å². The van der Waals surface area contributed by atoms with Crippen molar-refractivity contribution in [2.45, 2.75) is 32.6 Å². The van der Waals surface area contributed by atoms with Gasteiger partial charge in [-0.3, -0.25) is 4.79 Å². The van der Waals surface area contributed by atoms with Gasteiger partial charge in [0, 0.05) is 18.0 Å². The highest BCUT2D eigenvalue weighted by Gasteiger charge is 2.39. The molecule has 0 spiro atoms. The minimum absolute atomic E-state index is 0.0608. The van der Waals surface area contributed by atoms with Crippen LogP contribution in [0.3, 0.4) is 0 Å². The molecule has 29 heavy (non-hydrogen) atoms.